The Morgan fingerprint density at radius 3 is 2.42 bits per heavy atom. The molecule has 3 heterocycles. The van der Waals surface area contributed by atoms with Crippen LogP contribution < -0.4 is 9.47 Å². The number of methoxy groups -OCH3 is 1. The zero-order valence-corrected chi connectivity index (χ0v) is 26.7. The minimum Gasteiger partial charge on any atom is -0.476 e. The van der Waals surface area contributed by atoms with Gasteiger partial charge in [0.15, 0.2) is 5.82 Å². The highest BCUT2D eigenvalue weighted by Crippen LogP contribution is 2.28. The molecule has 0 atom stereocenters. The predicted octanol–water partition coefficient (Wildman–Crippen LogP) is 6.53. The molecule has 1 aromatic carbocycles. The lowest BCUT2D eigenvalue weighted by molar-refractivity contribution is -0.152. The number of hydrogen-bond acceptors (Lipinski definition) is 9. The van der Waals surface area contributed by atoms with Crippen molar-refractivity contribution in [1.29, 1.82) is 0 Å². The fourth-order valence-electron chi connectivity index (χ4n) is 3.90. The van der Waals surface area contributed by atoms with Crippen LogP contribution in [-0.4, -0.2) is 59.1 Å². The van der Waals surface area contributed by atoms with Crippen LogP contribution in [0.25, 0.3) is 22.6 Å². The number of hydrogen-bond donors (Lipinski definition) is 0. The van der Waals surface area contributed by atoms with Gasteiger partial charge in [-0.15, -0.1) is 5.10 Å². The molecule has 0 radical (unpaired) electrons. The zero-order chi connectivity index (χ0) is 31.2. The Hall–Kier alpha value is -4.16. The van der Waals surface area contributed by atoms with Gasteiger partial charge in [-0.25, -0.2) is 9.37 Å². The first-order chi connectivity index (χ1) is 20.3. The van der Waals surface area contributed by atoms with Crippen LogP contribution in [0.3, 0.4) is 0 Å². The second kappa shape index (κ2) is 13.4. The van der Waals surface area contributed by atoms with Gasteiger partial charge in [-0.05, 0) is 68.8 Å². The van der Waals surface area contributed by atoms with Crippen LogP contribution in [0.2, 0.25) is 25.7 Å². The minimum absolute atomic E-state index is 0.133. The number of nitrogens with zero attached hydrogens (tertiary/aromatic N) is 5. The molecule has 0 aliphatic heterocycles. The van der Waals surface area contributed by atoms with Gasteiger partial charge < -0.3 is 18.9 Å². The van der Waals surface area contributed by atoms with Crippen molar-refractivity contribution in [2.45, 2.75) is 53.2 Å². The average molecular weight is 608 g/mol. The van der Waals surface area contributed by atoms with Crippen molar-refractivity contribution in [1.82, 2.24) is 24.7 Å². The fraction of sp³-hybridized carbons (Fsp3) is 0.387. The lowest BCUT2D eigenvalue weighted by atomic mass is 9.95. The molecular formula is C31H38FN5O5Si. The van der Waals surface area contributed by atoms with Crippen molar-refractivity contribution in [3.8, 4) is 40.3 Å². The van der Waals surface area contributed by atoms with Gasteiger partial charge in [0.2, 0.25) is 5.88 Å². The Morgan fingerprint density at radius 2 is 1.79 bits per heavy atom. The summed E-state index contributed by atoms with van der Waals surface area (Å²) in [4.78, 5) is 25.5. The van der Waals surface area contributed by atoms with Crippen LogP contribution in [0.5, 0.6) is 17.6 Å². The summed E-state index contributed by atoms with van der Waals surface area (Å²) in [7, 11) is 0.0990. The third-order valence-electron chi connectivity index (χ3n) is 6.57. The van der Waals surface area contributed by atoms with E-state index in [2.05, 4.69) is 39.7 Å². The van der Waals surface area contributed by atoms with Crippen molar-refractivity contribution >= 4 is 14.0 Å². The predicted molar refractivity (Wildman–Crippen MR) is 163 cm³/mol. The smallest absolute Gasteiger partial charge is 0.323 e. The molecule has 0 saturated heterocycles. The number of aryl methyl sites for hydroxylation is 1. The standard InChI is InChI=1S/C31H38FN5O5Si/c1-21-16-27(41-19-31(2,3)29(38)39-4)34-18-25(21)26-13-8-22(17-33-26)28-35-30(42-24-11-9-23(32)10-12-24)37(36-28)20-40-14-15-43(5,6)7/h8-13,16-18H,14-15,19-20H2,1-7H3. The van der Waals surface area contributed by atoms with Gasteiger partial charge >= 0.3 is 12.0 Å². The Bertz CT molecular complexity index is 1540. The molecule has 12 heteroatoms. The van der Waals surface area contributed by atoms with E-state index >= 15 is 0 Å². The van der Waals surface area contributed by atoms with Crippen LogP contribution >= 0.6 is 0 Å². The number of ether oxygens (including phenoxy) is 4. The van der Waals surface area contributed by atoms with E-state index in [-0.39, 0.29) is 31.1 Å². The molecule has 4 rings (SSSR count). The third kappa shape index (κ3) is 8.68. The van der Waals surface area contributed by atoms with Gasteiger partial charge in [-0.2, -0.15) is 9.67 Å². The van der Waals surface area contributed by atoms with E-state index in [1.165, 1.54) is 31.4 Å². The molecule has 0 unspecified atom stereocenters. The summed E-state index contributed by atoms with van der Waals surface area (Å²) in [5.41, 5.74) is 2.34. The quantitative estimate of drug-likeness (QED) is 0.0951. The number of carbonyl (C=O) groups excluding carboxylic acids is 1. The Balaban J connectivity index is 1.50. The summed E-state index contributed by atoms with van der Waals surface area (Å²) in [5.74, 6) is 0.544. The maximum atomic E-state index is 13.4. The zero-order valence-electron chi connectivity index (χ0n) is 25.7. The van der Waals surface area contributed by atoms with E-state index in [4.69, 9.17) is 18.9 Å². The van der Waals surface area contributed by atoms with E-state index in [1.54, 1.807) is 30.9 Å². The van der Waals surface area contributed by atoms with Crippen LogP contribution in [0.15, 0.2) is 54.9 Å². The number of carbonyl (C=O) groups is 1. The summed E-state index contributed by atoms with van der Waals surface area (Å²) >= 11 is 0. The summed E-state index contributed by atoms with van der Waals surface area (Å²) in [6, 6.07) is 12.5. The highest BCUT2D eigenvalue weighted by atomic mass is 28.3. The summed E-state index contributed by atoms with van der Waals surface area (Å²) in [6.45, 7) is 13.2. The highest BCUT2D eigenvalue weighted by Gasteiger charge is 2.30. The molecule has 43 heavy (non-hydrogen) atoms. The molecular weight excluding hydrogens is 569 g/mol. The molecule has 3 aromatic heterocycles. The number of aromatic nitrogens is 5. The number of pyridine rings is 2. The summed E-state index contributed by atoms with van der Waals surface area (Å²) < 4.78 is 37.4. The second-order valence-corrected chi connectivity index (χ2v) is 17.7. The van der Waals surface area contributed by atoms with Crippen LogP contribution in [0.1, 0.15) is 19.4 Å². The first-order valence-corrected chi connectivity index (χ1v) is 17.7. The number of esters is 1. The van der Waals surface area contributed by atoms with Crippen LogP contribution in [0, 0.1) is 18.2 Å². The molecule has 0 amide bonds. The largest absolute Gasteiger partial charge is 0.476 e. The Morgan fingerprint density at radius 1 is 1.05 bits per heavy atom. The highest BCUT2D eigenvalue weighted by molar-refractivity contribution is 6.76. The number of halogens is 1. The van der Waals surface area contributed by atoms with Crippen LogP contribution in [-0.2, 0) is 21.0 Å². The second-order valence-electron chi connectivity index (χ2n) is 12.1. The van der Waals surface area contributed by atoms with Gasteiger partial charge in [0.25, 0.3) is 0 Å². The Kier molecular flexibility index (Phi) is 9.92. The first-order valence-electron chi connectivity index (χ1n) is 14.0. The number of rotatable bonds is 13. The fourth-order valence-corrected chi connectivity index (χ4v) is 4.66. The van der Waals surface area contributed by atoms with Crippen molar-refractivity contribution in [3.05, 3.63) is 66.2 Å². The minimum atomic E-state index is -1.25. The van der Waals surface area contributed by atoms with Gasteiger partial charge in [0, 0.05) is 44.3 Å². The molecule has 0 saturated carbocycles. The molecule has 0 spiro atoms. The van der Waals surface area contributed by atoms with Crippen molar-refractivity contribution in [3.63, 3.8) is 0 Å². The lowest BCUT2D eigenvalue weighted by Gasteiger charge is -2.21. The molecule has 4 aromatic rings. The van der Waals surface area contributed by atoms with E-state index in [1.807, 2.05) is 25.1 Å². The van der Waals surface area contributed by atoms with Gasteiger partial charge in [0.05, 0.1) is 18.2 Å². The third-order valence-corrected chi connectivity index (χ3v) is 8.28. The molecule has 228 valence electrons. The van der Waals surface area contributed by atoms with E-state index in [0.29, 0.717) is 35.3 Å². The van der Waals surface area contributed by atoms with Crippen molar-refractivity contribution in [2.75, 3.05) is 20.3 Å². The summed E-state index contributed by atoms with van der Waals surface area (Å²) in [6.07, 6.45) is 3.38. The number of benzene rings is 1. The van der Waals surface area contributed by atoms with Gasteiger partial charge in [0.1, 0.15) is 24.9 Å². The maximum absolute atomic E-state index is 13.4. The van der Waals surface area contributed by atoms with Crippen molar-refractivity contribution in [2.24, 2.45) is 5.41 Å². The van der Waals surface area contributed by atoms with Gasteiger partial charge in [-0.3, -0.25) is 9.78 Å². The average Bonchev–Trinajstić information content (AvgIpc) is 3.37. The first kappa shape index (κ1) is 31.8. The molecule has 0 N–H and O–H groups in total. The van der Waals surface area contributed by atoms with E-state index in [0.717, 1.165) is 17.2 Å². The molecule has 0 fully saturated rings. The molecule has 0 aliphatic carbocycles. The monoisotopic (exact) mass is 607 g/mol. The maximum Gasteiger partial charge on any atom is 0.323 e. The summed E-state index contributed by atoms with van der Waals surface area (Å²) in [5, 5.41) is 4.61. The Labute approximate surface area is 252 Å². The normalized spacial score (nSPS) is 11.8. The van der Waals surface area contributed by atoms with Crippen molar-refractivity contribution < 1.29 is 28.1 Å². The topological polar surface area (TPSA) is 110 Å². The van der Waals surface area contributed by atoms with E-state index < -0.39 is 13.5 Å². The molecule has 0 bridgehead atoms. The van der Waals surface area contributed by atoms with Gasteiger partial charge in [-0.1, -0.05) is 19.6 Å². The molecule has 0 aliphatic rings. The molecule has 10 nitrogen and oxygen atoms in total. The van der Waals surface area contributed by atoms with E-state index in [9.17, 15) is 9.18 Å². The lowest BCUT2D eigenvalue weighted by Crippen LogP contribution is -2.32. The SMILES string of the molecule is COC(=O)C(C)(C)COc1cc(C)c(-c2ccc(-c3nc(Oc4ccc(F)cc4)n(COCC[Si](C)(C)C)n3)cn2)cn1. The van der Waals surface area contributed by atoms with Crippen LogP contribution in [0.4, 0.5) is 4.39 Å².